The average molecular weight is 365 g/mol. The Balaban J connectivity index is 1.94. The molecule has 0 saturated carbocycles. The van der Waals surface area contributed by atoms with Crippen molar-refractivity contribution in [1.29, 1.82) is 0 Å². The Morgan fingerprint density at radius 3 is 2.78 bits per heavy atom. The van der Waals surface area contributed by atoms with Gasteiger partial charge in [-0.15, -0.1) is 0 Å². The van der Waals surface area contributed by atoms with Crippen molar-refractivity contribution in [2.45, 2.75) is 56.7 Å². The van der Waals surface area contributed by atoms with Crippen LogP contribution in [0.15, 0.2) is 0 Å². The van der Waals surface area contributed by atoms with E-state index in [1.807, 2.05) is 0 Å². The highest BCUT2D eigenvalue weighted by Gasteiger charge is 2.22. The van der Waals surface area contributed by atoms with Crippen LogP contribution in [0.5, 0.6) is 0 Å². The molecule has 1 aliphatic rings. The van der Waals surface area contributed by atoms with Gasteiger partial charge in [0.15, 0.2) is 0 Å². The van der Waals surface area contributed by atoms with Crippen molar-refractivity contribution in [2.24, 2.45) is 0 Å². The molecule has 23 heavy (non-hydrogen) atoms. The van der Waals surface area contributed by atoms with Crippen LogP contribution < -0.4 is 5.32 Å². The third kappa shape index (κ3) is 11.6. The van der Waals surface area contributed by atoms with Gasteiger partial charge in [-0.05, 0) is 36.2 Å². The molecule has 2 N–H and O–H groups in total. The maximum Gasteiger partial charge on any atom is 0.105 e. The molecular weight excluding hydrogens is 326 g/mol. The number of hydrogen-bond acceptors (Lipinski definition) is 4. The van der Waals surface area contributed by atoms with Crippen LogP contribution in [0.2, 0.25) is 25.2 Å². The molecule has 1 saturated heterocycles. The number of nitrogens with one attached hydrogen (secondary N) is 1. The topological polar surface area (TPSA) is 50.7 Å². The first-order chi connectivity index (χ1) is 10.9. The van der Waals surface area contributed by atoms with Crippen LogP contribution in [0, 0.1) is 0 Å². The van der Waals surface area contributed by atoms with Gasteiger partial charge in [-0.3, -0.25) is 0 Å². The highest BCUT2D eigenvalue weighted by molar-refractivity contribution is 7.95. The molecular formula is C17H38NO3SSi+. The van der Waals surface area contributed by atoms with E-state index in [1.54, 1.807) is 0 Å². The van der Waals surface area contributed by atoms with Crippen molar-refractivity contribution in [3.63, 3.8) is 0 Å². The highest BCUT2D eigenvalue weighted by atomic mass is 32.2. The average Bonchev–Trinajstić information content (AvgIpc) is 2.98. The van der Waals surface area contributed by atoms with Crippen LogP contribution in [0.25, 0.3) is 0 Å². The lowest BCUT2D eigenvalue weighted by Gasteiger charge is -2.21. The van der Waals surface area contributed by atoms with Gasteiger partial charge in [-0.1, -0.05) is 19.1 Å². The molecule has 2 atom stereocenters. The molecule has 0 bridgehead atoms. The van der Waals surface area contributed by atoms with E-state index in [0.29, 0.717) is 30.2 Å². The zero-order chi connectivity index (χ0) is 17.1. The smallest absolute Gasteiger partial charge is 0.105 e. The largest absolute Gasteiger partial charge is 0.389 e. The summed E-state index contributed by atoms with van der Waals surface area (Å²) in [7, 11) is -0.468. The fourth-order valence-corrected chi connectivity index (χ4v) is 7.95. The minimum absolute atomic E-state index is 0.335. The molecule has 0 aromatic carbocycles. The van der Waals surface area contributed by atoms with Gasteiger partial charge in [-0.25, -0.2) is 0 Å². The first-order valence-corrected chi connectivity index (χ1v) is 14.6. The van der Waals surface area contributed by atoms with E-state index in [4.69, 9.17) is 9.47 Å². The molecule has 4 nitrogen and oxygen atoms in total. The quantitative estimate of drug-likeness (QED) is 0.299. The molecule has 0 aliphatic carbocycles. The van der Waals surface area contributed by atoms with Crippen LogP contribution in [0.3, 0.4) is 0 Å². The van der Waals surface area contributed by atoms with Crippen LogP contribution >= 0.6 is 0 Å². The lowest BCUT2D eigenvalue weighted by atomic mass is 10.2. The van der Waals surface area contributed by atoms with Crippen LogP contribution in [0.1, 0.15) is 19.3 Å². The van der Waals surface area contributed by atoms with Gasteiger partial charge >= 0.3 is 0 Å². The van der Waals surface area contributed by atoms with Crippen LogP contribution in [-0.4, -0.2) is 76.6 Å². The summed E-state index contributed by atoms with van der Waals surface area (Å²) in [6.45, 7) is 8.52. The van der Waals surface area contributed by atoms with E-state index in [0.717, 1.165) is 39.0 Å². The van der Waals surface area contributed by atoms with Crippen molar-refractivity contribution in [3.8, 4) is 0 Å². The summed E-state index contributed by atoms with van der Waals surface area (Å²) in [5, 5.41) is 13.2. The van der Waals surface area contributed by atoms with Crippen molar-refractivity contribution < 1.29 is 14.6 Å². The molecule has 0 radical (unpaired) electrons. The minimum Gasteiger partial charge on any atom is -0.389 e. The molecule has 0 amide bonds. The molecule has 138 valence electrons. The van der Waals surface area contributed by atoms with Crippen molar-refractivity contribution in [1.82, 2.24) is 5.32 Å². The summed E-state index contributed by atoms with van der Waals surface area (Å²) < 4.78 is 11.2. The Morgan fingerprint density at radius 2 is 2.13 bits per heavy atom. The van der Waals surface area contributed by atoms with E-state index < -0.39 is 14.2 Å². The zero-order valence-corrected chi connectivity index (χ0v) is 17.4. The monoisotopic (exact) mass is 364 g/mol. The van der Waals surface area contributed by atoms with E-state index in [9.17, 15) is 5.11 Å². The Kier molecular flexibility index (Phi) is 11.1. The van der Waals surface area contributed by atoms with Gasteiger partial charge in [0.1, 0.15) is 5.75 Å². The van der Waals surface area contributed by atoms with E-state index in [-0.39, 0.29) is 0 Å². The summed E-state index contributed by atoms with van der Waals surface area (Å²) in [5.74, 6) is 1.38. The summed E-state index contributed by atoms with van der Waals surface area (Å²) in [5.41, 5.74) is 0. The second-order valence-corrected chi connectivity index (χ2v) is 15.4. The number of aliphatic hydroxyl groups is 1. The minimum atomic E-state index is -1.04. The molecule has 0 aromatic rings. The number of rotatable bonds is 13. The molecule has 1 heterocycles. The zero-order valence-electron chi connectivity index (χ0n) is 15.6. The maximum absolute atomic E-state index is 9.91. The molecule has 1 rings (SSSR count). The normalized spacial score (nSPS) is 20.3. The third-order valence-corrected chi connectivity index (χ3v) is 9.11. The molecule has 1 fully saturated rings. The second kappa shape index (κ2) is 11.9. The number of hydrogen-bond donors (Lipinski definition) is 2. The Labute approximate surface area is 147 Å². The van der Waals surface area contributed by atoms with Gasteiger partial charge in [0.25, 0.3) is 0 Å². The maximum atomic E-state index is 9.91. The van der Waals surface area contributed by atoms with Gasteiger partial charge in [0.2, 0.25) is 0 Å². The fraction of sp³-hybridized carbons (Fsp3) is 1.00. The van der Waals surface area contributed by atoms with Gasteiger partial charge < -0.3 is 19.9 Å². The van der Waals surface area contributed by atoms with E-state index in [1.165, 1.54) is 17.8 Å². The first kappa shape index (κ1) is 21.4. The molecule has 2 unspecified atom stereocenters. The van der Waals surface area contributed by atoms with Crippen LogP contribution in [-0.2, 0) is 20.4 Å². The molecule has 0 aromatic heterocycles. The number of ether oxygens (including phenoxy) is 2. The lowest BCUT2D eigenvalue weighted by molar-refractivity contribution is 0.0345. The van der Waals surface area contributed by atoms with Crippen molar-refractivity contribution in [3.05, 3.63) is 0 Å². The van der Waals surface area contributed by atoms with Gasteiger partial charge in [-0.2, -0.15) is 0 Å². The Morgan fingerprint density at radius 1 is 1.35 bits per heavy atom. The van der Waals surface area contributed by atoms with E-state index >= 15 is 0 Å². The molecule has 0 spiro atoms. The van der Waals surface area contributed by atoms with Gasteiger partial charge in [0, 0.05) is 26.3 Å². The fourth-order valence-electron chi connectivity index (χ4n) is 2.75. The lowest BCUT2D eigenvalue weighted by Crippen LogP contribution is -2.35. The van der Waals surface area contributed by atoms with Crippen molar-refractivity contribution >= 4 is 19.0 Å². The standard InChI is InChI=1S/C17H38NO3SSi/c1-22(2)10-12-23(3,4)11-6-8-20-15-16(19)13-18-14-17-7-5-9-21-17/h16-19H,5-15H2,1-4H3/q+1. The van der Waals surface area contributed by atoms with E-state index in [2.05, 4.69) is 30.9 Å². The third-order valence-electron chi connectivity index (χ3n) is 4.42. The summed E-state index contributed by atoms with van der Waals surface area (Å²) in [6.07, 6.45) is 8.03. The first-order valence-electron chi connectivity index (χ1n) is 9.01. The summed E-state index contributed by atoms with van der Waals surface area (Å²) in [4.78, 5) is 0. The van der Waals surface area contributed by atoms with Gasteiger partial charge in [0.05, 0.1) is 39.4 Å². The van der Waals surface area contributed by atoms with Crippen LogP contribution in [0.4, 0.5) is 0 Å². The Bertz CT molecular complexity index is 300. The Hall–Kier alpha value is 0.407. The number of aliphatic hydroxyl groups excluding tert-OH is 1. The molecule has 6 heteroatoms. The molecule has 1 aliphatic heterocycles. The highest BCUT2D eigenvalue weighted by Crippen LogP contribution is 2.18. The SMILES string of the molecule is C[S+](C)CC[Si](C)(C)CCCOCC(O)CNCC1CCCO1. The second-order valence-electron chi connectivity index (χ2n) is 7.73. The van der Waals surface area contributed by atoms with Crippen molar-refractivity contribution in [2.75, 3.05) is 51.2 Å². The predicted molar refractivity (Wildman–Crippen MR) is 104 cm³/mol. The summed E-state index contributed by atoms with van der Waals surface area (Å²) >= 11 is 0. The summed E-state index contributed by atoms with van der Waals surface area (Å²) in [6, 6.07) is 2.76. The predicted octanol–water partition coefficient (Wildman–Crippen LogP) is 2.11.